The molecule has 0 spiro atoms. The molecule has 5 nitrogen and oxygen atoms in total. The van der Waals surface area contributed by atoms with E-state index in [2.05, 4.69) is 19.2 Å². The van der Waals surface area contributed by atoms with Crippen molar-refractivity contribution in [1.29, 1.82) is 0 Å². The van der Waals surface area contributed by atoms with Crippen LogP contribution >= 0.6 is 0 Å². The smallest absolute Gasteiger partial charge is 0.495 e. The summed E-state index contributed by atoms with van der Waals surface area (Å²) in [7, 11) is 2.00. The van der Waals surface area contributed by atoms with E-state index >= 15 is 0 Å². The van der Waals surface area contributed by atoms with Gasteiger partial charge in [0.05, 0.1) is 32.4 Å². The zero-order chi connectivity index (χ0) is 16.2. The number of alkyl halides is 5. The van der Waals surface area contributed by atoms with Gasteiger partial charge in [-0.15, -0.1) is 13.2 Å². The van der Waals surface area contributed by atoms with Crippen LogP contribution in [0.4, 0.5) is 22.0 Å². The van der Waals surface area contributed by atoms with Crippen LogP contribution in [0.5, 0.6) is 11.6 Å². The first-order valence-electron chi connectivity index (χ1n) is 5.36. The summed E-state index contributed by atoms with van der Waals surface area (Å²) in [6.07, 6.45) is -8.56. The maximum absolute atomic E-state index is 13.0. The van der Waals surface area contributed by atoms with Crippen LogP contribution in [0.3, 0.4) is 0 Å². The molecular weight excluding hydrogens is 305 g/mol. The van der Waals surface area contributed by atoms with Gasteiger partial charge in [0, 0.05) is 5.56 Å². The van der Waals surface area contributed by atoms with Crippen molar-refractivity contribution < 1.29 is 41.0 Å². The molecule has 0 radical (unpaired) electrons. The lowest BCUT2D eigenvalue weighted by Gasteiger charge is -2.17. The second kappa shape index (κ2) is 6.55. The summed E-state index contributed by atoms with van der Waals surface area (Å²) in [6.45, 7) is 0. The molecular formula is C11H10F5NO4. The second-order valence-corrected chi connectivity index (χ2v) is 3.63. The maximum atomic E-state index is 13.0. The molecule has 21 heavy (non-hydrogen) atoms. The van der Waals surface area contributed by atoms with Crippen molar-refractivity contribution in [2.24, 2.45) is 0 Å². The van der Waals surface area contributed by atoms with Crippen molar-refractivity contribution in [3.8, 4) is 11.6 Å². The van der Waals surface area contributed by atoms with Crippen molar-refractivity contribution in [3.63, 3.8) is 0 Å². The van der Waals surface area contributed by atoms with E-state index in [-0.39, 0.29) is 0 Å². The molecule has 118 valence electrons. The van der Waals surface area contributed by atoms with E-state index in [9.17, 15) is 26.7 Å². The monoisotopic (exact) mass is 315 g/mol. The molecule has 0 fully saturated rings. The number of nitrogens with zero attached hydrogens (tertiary/aromatic N) is 1. The fraction of sp³-hybridized carbons (Fsp3) is 0.455. The minimum atomic E-state index is -5.15. The average molecular weight is 315 g/mol. The van der Waals surface area contributed by atoms with E-state index in [1.807, 2.05) is 0 Å². The summed E-state index contributed by atoms with van der Waals surface area (Å²) in [6, 6.07) is 0. The van der Waals surface area contributed by atoms with Crippen molar-refractivity contribution in [1.82, 2.24) is 4.98 Å². The lowest BCUT2D eigenvalue weighted by molar-refractivity contribution is -0.276. The molecule has 1 aromatic heterocycles. The van der Waals surface area contributed by atoms with Crippen molar-refractivity contribution in [2.45, 2.75) is 19.2 Å². The third-order valence-corrected chi connectivity index (χ3v) is 2.35. The molecule has 0 saturated heterocycles. The summed E-state index contributed by atoms with van der Waals surface area (Å²) in [5.74, 6) is -2.64. The number of rotatable bonds is 5. The highest BCUT2D eigenvalue weighted by Gasteiger charge is 2.35. The normalized spacial score (nSPS) is 11.4. The minimum absolute atomic E-state index is 0.460. The highest BCUT2D eigenvalue weighted by molar-refractivity contribution is 5.74. The number of hydrogen-bond acceptors (Lipinski definition) is 5. The standard InChI is InChI=1S/C11H10F5NO4/c1-19-6-4-17-10(21-11(14,15)16)5(3-7(18)20-2)8(6)9(12)13/h4,9H,3H2,1-2H3. The molecule has 0 aliphatic heterocycles. The zero-order valence-electron chi connectivity index (χ0n) is 10.8. The van der Waals surface area contributed by atoms with E-state index in [1.165, 1.54) is 0 Å². The Labute approximate surface area is 115 Å². The Morgan fingerprint density at radius 2 is 1.95 bits per heavy atom. The zero-order valence-corrected chi connectivity index (χ0v) is 10.8. The van der Waals surface area contributed by atoms with E-state index in [0.29, 0.717) is 6.20 Å². The molecule has 0 bridgehead atoms. The Hall–Kier alpha value is -2.13. The number of ether oxygens (including phenoxy) is 3. The molecule has 0 aliphatic rings. The van der Waals surface area contributed by atoms with Gasteiger partial charge in [-0.3, -0.25) is 4.79 Å². The van der Waals surface area contributed by atoms with Crippen molar-refractivity contribution in [3.05, 3.63) is 17.3 Å². The fourth-order valence-corrected chi connectivity index (χ4v) is 1.52. The van der Waals surface area contributed by atoms with Crippen LogP contribution in [0.15, 0.2) is 6.20 Å². The van der Waals surface area contributed by atoms with E-state index in [0.717, 1.165) is 14.2 Å². The lowest BCUT2D eigenvalue weighted by Crippen LogP contribution is -2.21. The minimum Gasteiger partial charge on any atom is -0.495 e. The van der Waals surface area contributed by atoms with Crippen molar-refractivity contribution >= 4 is 5.97 Å². The number of pyridine rings is 1. The number of carbonyl (C=O) groups excluding carboxylic acids is 1. The Morgan fingerprint density at radius 1 is 1.33 bits per heavy atom. The topological polar surface area (TPSA) is 57.7 Å². The summed E-state index contributed by atoms with van der Waals surface area (Å²) in [4.78, 5) is 14.5. The largest absolute Gasteiger partial charge is 0.574 e. The molecule has 0 amide bonds. The van der Waals surface area contributed by atoms with Gasteiger partial charge in [0.2, 0.25) is 5.88 Å². The quantitative estimate of drug-likeness (QED) is 0.617. The third kappa shape index (κ3) is 4.43. The molecule has 0 aromatic carbocycles. The van der Waals surface area contributed by atoms with Crippen LogP contribution < -0.4 is 9.47 Å². The van der Waals surface area contributed by atoms with Gasteiger partial charge in [0.15, 0.2) is 0 Å². The molecule has 1 aromatic rings. The fourth-order valence-electron chi connectivity index (χ4n) is 1.52. The van der Waals surface area contributed by atoms with Crippen LogP contribution in [0.1, 0.15) is 17.6 Å². The van der Waals surface area contributed by atoms with Gasteiger partial charge in [-0.2, -0.15) is 0 Å². The van der Waals surface area contributed by atoms with Gasteiger partial charge in [-0.05, 0) is 0 Å². The molecule has 10 heteroatoms. The molecule has 0 saturated carbocycles. The summed E-state index contributed by atoms with van der Waals surface area (Å²) >= 11 is 0. The second-order valence-electron chi connectivity index (χ2n) is 3.63. The first-order chi connectivity index (χ1) is 9.69. The Balaban J connectivity index is 3.42. The first-order valence-corrected chi connectivity index (χ1v) is 5.36. The highest BCUT2D eigenvalue weighted by atomic mass is 19.4. The SMILES string of the molecule is COC(=O)Cc1c(OC(F)(F)F)ncc(OC)c1C(F)F. The van der Waals surface area contributed by atoms with E-state index in [1.54, 1.807) is 0 Å². The van der Waals surface area contributed by atoms with Gasteiger partial charge in [0.1, 0.15) is 5.75 Å². The van der Waals surface area contributed by atoms with Crippen LogP contribution in [0, 0.1) is 0 Å². The molecule has 0 unspecified atom stereocenters. The summed E-state index contributed by atoms with van der Waals surface area (Å²) in [5.41, 5.74) is -1.65. The predicted molar refractivity (Wildman–Crippen MR) is 58.1 cm³/mol. The van der Waals surface area contributed by atoms with Gasteiger partial charge in [-0.1, -0.05) is 0 Å². The highest BCUT2D eigenvalue weighted by Crippen LogP contribution is 2.37. The third-order valence-electron chi connectivity index (χ3n) is 2.35. The van der Waals surface area contributed by atoms with Crippen LogP contribution in [0.2, 0.25) is 0 Å². The van der Waals surface area contributed by atoms with E-state index in [4.69, 9.17) is 0 Å². The lowest BCUT2D eigenvalue weighted by atomic mass is 10.1. The first kappa shape index (κ1) is 16.9. The molecule has 1 heterocycles. The van der Waals surface area contributed by atoms with Crippen LogP contribution in [-0.2, 0) is 16.0 Å². The van der Waals surface area contributed by atoms with Gasteiger partial charge in [0.25, 0.3) is 6.43 Å². The Bertz CT molecular complexity index is 518. The summed E-state index contributed by atoms with van der Waals surface area (Å²) in [5, 5.41) is 0. The summed E-state index contributed by atoms with van der Waals surface area (Å²) < 4.78 is 75.3. The Kier molecular flexibility index (Phi) is 5.28. The maximum Gasteiger partial charge on any atom is 0.574 e. The van der Waals surface area contributed by atoms with Gasteiger partial charge >= 0.3 is 12.3 Å². The van der Waals surface area contributed by atoms with Gasteiger partial charge < -0.3 is 14.2 Å². The van der Waals surface area contributed by atoms with Crippen LogP contribution in [-0.4, -0.2) is 31.5 Å². The number of hydrogen-bond donors (Lipinski definition) is 0. The molecule has 0 atom stereocenters. The molecule has 0 N–H and O–H groups in total. The number of aromatic nitrogens is 1. The number of methoxy groups -OCH3 is 2. The number of halogens is 5. The average Bonchev–Trinajstić information content (AvgIpc) is 2.38. The Morgan fingerprint density at radius 3 is 2.38 bits per heavy atom. The molecule has 0 aliphatic carbocycles. The van der Waals surface area contributed by atoms with Crippen LogP contribution in [0.25, 0.3) is 0 Å². The van der Waals surface area contributed by atoms with Gasteiger partial charge in [-0.25, -0.2) is 13.8 Å². The molecule has 1 rings (SSSR count). The number of carbonyl (C=O) groups is 1. The van der Waals surface area contributed by atoms with Crippen molar-refractivity contribution in [2.75, 3.05) is 14.2 Å². The number of esters is 1. The predicted octanol–water partition coefficient (Wildman–Crippen LogP) is 2.64. The van der Waals surface area contributed by atoms with E-state index < -0.39 is 47.9 Å².